The molecule has 0 saturated carbocycles. The molecule has 1 aliphatic heterocycles. The number of likely N-dealkylation sites (tertiary alicyclic amines) is 1. The number of nitrogens with zero attached hydrogens (tertiary/aromatic N) is 1. The van der Waals surface area contributed by atoms with Crippen molar-refractivity contribution in [1.82, 2.24) is 4.90 Å². The van der Waals surface area contributed by atoms with Crippen LogP contribution in [0.15, 0.2) is 0 Å². The number of Topliss-reactive ketones (excluding diaryl/α,β-unsaturated/α-hetero) is 1. The molecule has 0 radical (unpaired) electrons. The number of carbonyl (C=O) groups is 2. The quantitative estimate of drug-likeness (QED) is 0.664. The van der Waals surface area contributed by atoms with Crippen LogP contribution in [0.2, 0.25) is 0 Å². The van der Waals surface area contributed by atoms with Crippen LogP contribution in [-0.4, -0.2) is 43.4 Å². The van der Waals surface area contributed by atoms with Gasteiger partial charge in [-0.25, -0.2) is 0 Å². The van der Waals surface area contributed by atoms with Gasteiger partial charge in [-0.15, -0.1) is 0 Å². The Bertz CT molecular complexity index is 257. The molecule has 4 nitrogen and oxygen atoms in total. The van der Waals surface area contributed by atoms with Crippen LogP contribution in [0.1, 0.15) is 39.0 Å². The van der Waals surface area contributed by atoms with Gasteiger partial charge in [0.2, 0.25) is 5.91 Å². The summed E-state index contributed by atoms with van der Waals surface area (Å²) in [5, 5.41) is 0. The van der Waals surface area contributed by atoms with E-state index in [1.165, 1.54) is 0 Å². The number of ether oxygens (including phenoxy) is 1. The number of amides is 1. The molecule has 0 atom stereocenters. The summed E-state index contributed by atoms with van der Waals surface area (Å²) in [7, 11) is 1.67. The molecule has 1 saturated heterocycles. The third kappa shape index (κ3) is 4.86. The van der Waals surface area contributed by atoms with Crippen LogP contribution in [0.25, 0.3) is 0 Å². The summed E-state index contributed by atoms with van der Waals surface area (Å²) in [4.78, 5) is 24.9. The standard InChI is InChI=1S/C13H23NO3/c1-11(15)12-6-8-14(9-7-12)13(16)5-3-4-10-17-2/h12H,3-10H2,1-2H3. The summed E-state index contributed by atoms with van der Waals surface area (Å²) in [6, 6.07) is 0. The molecular weight excluding hydrogens is 218 g/mol. The fraction of sp³-hybridized carbons (Fsp3) is 0.846. The van der Waals surface area contributed by atoms with E-state index in [0.717, 1.165) is 45.4 Å². The highest BCUT2D eigenvalue weighted by atomic mass is 16.5. The van der Waals surface area contributed by atoms with Crippen molar-refractivity contribution in [3.05, 3.63) is 0 Å². The van der Waals surface area contributed by atoms with Gasteiger partial charge in [-0.3, -0.25) is 9.59 Å². The van der Waals surface area contributed by atoms with Crippen LogP contribution < -0.4 is 0 Å². The summed E-state index contributed by atoms with van der Waals surface area (Å²) in [5.74, 6) is 0.660. The summed E-state index contributed by atoms with van der Waals surface area (Å²) < 4.78 is 4.95. The lowest BCUT2D eigenvalue weighted by Crippen LogP contribution is -2.39. The Morgan fingerprint density at radius 1 is 1.24 bits per heavy atom. The van der Waals surface area contributed by atoms with Gasteiger partial charge in [0.05, 0.1) is 0 Å². The van der Waals surface area contributed by atoms with Crippen molar-refractivity contribution < 1.29 is 14.3 Å². The molecule has 1 rings (SSSR count). The van der Waals surface area contributed by atoms with Gasteiger partial charge in [0.1, 0.15) is 5.78 Å². The van der Waals surface area contributed by atoms with Gasteiger partial charge in [0.15, 0.2) is 0 Å². The SMILES string of the molecule is COCCCCC(=O)N1CCC(C(C)=O)CC1. The fourth-order valence-corrected chi connectivity index (χ4v) is 2.22. The highest BCUT2D eigenvalue weighted by Gasteiger charge is 2.24. The Kier molecular flexibility index (Phi) is 6.19. The molecule has 4 heteroatoms. The molecule has 17 heavy (non-hydrogen) atoms. The molecule has 1 fully saturated rings. The molecule has 1 aliphatic rings. The lowest BCUT2D eigenvalue weighted by atomic mass is 9.93. The number of hydrogen-bond donors (Lipinski definition) is 0. The first-order valence-electron chi connectivity index (χ1n) is 6.42. The molecule has 0 N–H and O–H groups in total. The van der Waals surface area contributed by atoms with Crippen molar-refractivity contribution >= 4 is 11.7 Å². The zero-order valence-corrected chi connectivity index (χ0v) is 10.9. The maximum absolute atomic E-state index is 11.8. The van der Waals surface area contributed by atoms with Gasteiger partial charge in [0.25, 0.3) is 0 Å². The Morgan fingerprint density at radius 3 is 2.41 bits per heavy atom. The minimum atomic E-state index is 0.174. The summed E-state index contributed by atoms with van der Waals surface area (Å²) in [6.07, 6.45) is 4.10. The van der Waals surface area contributed by atoms with Gasteiger partial charge >= 0.3 is 0 Å². The monoisotopic (exact) mass is 241 g/mol. The fourth-order valence-electron chi connectivity index (χ4n) is 2.22. The van der Waals surface area contributed by atoms with E-state index in [9.17, 15) is 9.59 Å². The van der Waals surface area contributed by atoms with Gasteiger partial charge in [-0.1, -0.05) is 0 Å². The number of methoxy groups -OCH3 is 1. The smallest absolute Gasteiger partial charge is 0.222 e. The number of rotatable bonds is 6. The molecule has 0 aromatic rings. The third-order valence-electron chi connectivity index (χ3n) is 3.41. The summed E-state index contributed by atoms with van der Waals surface area (Å²) in [6.45, 7) is 3.85. The summed E-state index contributed by atoms with van der Waals surface area (Å²) >= 11 is 0. The molecular formula is C13H23NO3. The molecule has 0 spiro atoms. The van der Waals surface area contributed by atoms with Crippen LogP contribution in [0.3, 0.4) is 0 Å². The zero-order valence-electron chi connectivity index (χ0n) is 10.9. The van der Waals surface area contributed by atoms with E-state index in [4.69, 9.17) is 4.74 Å². The van der Waals surface area contributed by atoms with E-state index >= 15 is 0 Å². The second kappa shape index (κ2) is 7.43. The van der Waals surface area contributed by atoms with Crippen LogP contribution in [0, 0.1) is 5.92 Å². The number of unbranched alkanes of at least 4 members (excludes halogenated alkanes) is 1. The minimum Gasteiger partial charge on any atom is -0.385 e. The van der Waals surface area contributed by atoms with E-state index in [-0.39, 0.29) is 17.6 Å². The van der Waals surface area contributed by atoms with Gasteiger partial charge in [0, 0.05) is 39.1 Å². The number of hydrogen-bond acceptors (Lipinski definition) is 3. The molecule has 0 aliphatic carbocycles. The Labute approximate surface area is 103 Å². The van der Waals surface area contributed by atoms with Crippen LogP contribution >= 0.6 is 0 Å². The predicted octanol–water partition coefficient (Wildman–Crippen LogP) is 1.63. The second-order valence-electron chi connectivity index (χ2n) is 4.72. The third-order valence-corrected chi connectivity index (χ3v) is 3.41. The maximum Gasteiger partial charge on any atom is 0.222 e. The molecule has 0 unspecified atom stereocenters. The number of ketones is 1. The molecule has 0 aromatic carbocycles. The first-order valence-corrected chi connectivity index (χ1v) is 6.42. The van der Waals surface area contributed by atoms with E-state index in [2.05, 4.69) is 0 Å². The van der Waals surface area contributed by atoms with Crippen molar-refractivity contribution in [2.45, 2.75) is 39.0 Å². The average molecular weight is 241 g/mol. The van der Waals surface area contributed by atoms with Gasteiger partial charge in [-0.2, -0.15) is 0 Å². The zero-order chi connectivity index (χ0) is 12.7. The molecule has 0 aromatic heterocycles. The second-order valence-corrected chi connectivity index (χ2v) is 4.72. The normalized spacial score (nSPS) is 17.2. The van der Waals surface area contributed by atoms with Crippen molar-refractivity contribution in [2.75, 3.05) is 26.8 Å². The lowest BCUT2D eigenvalue weighted by molar-refractivity contribution is -0.134. The number of carbonyl (C=O) groups excluding carboxylic acids is 2. The van der Waals surface area contributed by atoms with E-state index in [1.807, 2.05) is 4.90 Å². The van der Waals surface area contributed by atoms with E-state index in [1.54, 1.807) is 14.0 Å². The predicted molar refractivity (Wildman–Crippen MR) is 65.7 cm³/mol. The van der Waals surface area contributed by atoms with Gasteiger partial charge in [-0.05, 0) is 32.6 Å². The Morgan fingerprint density at radius 2 is 1.88 bits per heavy atom. The van der Waals surface area contributed by atoms with Crippen LogP contribution in [0.4, 0.5) is 0 Å². The highest BCUT2D eigenvalue weighted by Crippen LogP contribution is 2.18. The van der Waals surface area contributed by atoms with Crippen molar-refractivity contribution in [3.63, 3.8) is 0 Å². The minimum absolute atomic E-state index is 0.174. The van der Waals surface area contributed by atoms with E-state index in [0.29, 0.717) is 6.42 Å². The van der Waals surface area contributed by atoms with Crippen LogP contribution in [-0.2, 0) is 14.3 Å². The summed E-state index contributed by atoms with van der Waals surface area (Å²) in [5.41, 5.74) is 0. The molecule has 1 heterocycles. The average Bonchev–Trinajstić information content (AvgIpc) is 2.34. The molecule has 0 bridgehead atoms. The maximum atomic E-state index is 11.8. The van der Waals surface area contributed by atoms with E-state index < -0.39 is 0 Å². The Hall–Kier alpha value is -0.900. The van der Waals surface area contributed by atoms with Crippen molar-refractivity contribution in [3.8, 4) is 0 Å². The molecule has 98 valence electrons. The first-order chi connectivity index (χ1) is 8.15. The largest absolute Gasteiger partial charge is 0.385 e. The first kappa shape index (κ1) is 14.2. The Balaban J connectivity index is 2.19. The lowest BCUT2D eigenvalue weighted by Gasteiger charge is -2.31. The number of piperidine rings is 1. The van der Waals surface area contributed by atoms with Crippen LogP contribution in [0.5, 0.6) is 0 Å². The topological polar surface area (TPSA) is 46.6 Å². The van der Waals surface area contributed by atoms with Crippen molar-refractivity contribution in [1.29, 1.82) is 0 Å². The van der Waals surface area contributed by atoms with Crippen molar-refractivity contribution in [2.24, 2.45) is 5.92 Å². The molecule has 1 amide bonds. The highest BCUT2D eigenvalue weighted by molar-refractivity contribution is 5.79. The van der Waals surface area contributed by atoms with Gasteiger partial charge < -0.3 is 9.64 Å².